The fourth-order valence-corrected chi connectivity index (χ4v) is 2.14. The number of esters is 1. The minimum Gasteiger partial charge on any atom is -0.468 e. The molecule has 6 heteroatoms. The maximum atomic E-state index is 12.4. The Morgan fingerprint density at radius 3 is 2.50 bits per heavy atom. The van der Waals surface area contributed by atoms with Gasteiger partial charge in [0.1, 0.15) is 6.54 Å². The van der Waals surface area contributed by atoms with Gasteiger partial charge in [-0.1, -0.05) is 12.1 Å². The lowest BCUT2D eigenvalue weighted by molar-refractivity contribution is -0.141. The highest BCUT2D eigenvalue weighted by Gasteiger charge is 2.16. The van der Waals surface area contributed by atoms with Gasteiger partial charge in [0.25, 0.3) is 5.56 Å². The molecule has 1 aromatic heterocycles. The van der Waals surface area contributed by atoms with E-state index in [0.29, 0.717) is 10.9 Å². The van der Waals surface area contributed by atoms with Gasteiger partial charge in [0.05, 0.1) is 18.0 Å². The van der Waals surface area contributed by atoms with Gasteiger partial charge < -0.3 is 4.74 Å². The number of hydrogen-bond acceptors (Lipinski definition) is 4. The monoisotopic (exact) mass is 276 g/mol. The second kappa shape index (κ2) is 5.32. The van der Waals surface area contributed by atoms with Gasteiger partial charge in [0.15, 0.2) is 0 Å². The number of methoxy groups -OCH3 is 1. The predicted molar refractivity (Wildman–Crippen MR) is 74.9 cm³/mol. The minimum absolute atomic E-state index is 0.219. The minimum atomic E-state index is -0.536. The van der Waals surface area contributed by atoms with Crippen LogP contribution >= 0.6 is 0 Å². The standard InChI is InChI=1S/C14H16N2O4/c1-9(2)16-13(18)10-6-4-5-7-11(10)15(14(16)19)8-12(17)20-3/h4-7,9H,8H2,1-3H3. The first kappa shape index (κ1) is 14.0. The fraction of sp³-hybridized carbons (Fsp3) is 0.357. The first-order chi connectivity index (χ1) is 9.47. The zero-order valence-electron chi connectivity index (χ0n) is 11.6. The summed E-state index contributed by atoms with van der Waals surface area (Å²) in [6, 6.07) is 6.44. The Morgan fingerprint density at radius 2 is 1.90 bits per heavy atom. The second-order valence-electron chi connectivity index (χ2n) is 4.73. The zero-order chi connectivity index (χ0) is 14.9. The van der Waals surface area contributed by atoms with Crippen LogP contribution in [0.25, 0.3) is 10.9 Å². The van der Waals surface area contributed by atoms with E-state index in [4.69, 9.17) is 0 Å². The van der Waals surface area contributed by atoms with Crippen LogP contribution in [0.3, 0.4) is 0 Å². The number of ether oxygens (including phenoxy) is 1. The lowest BCUT2D eigenvalue weighted by Gasteiger charge is -2.15. The molecule has 0 unspecified atom stereocenters. The Kier molecular flexibility index (Phi) is 3.74. The van der Waals surface area contributed by atoms with E-state index in [2.05, 4.69) is 4.74 Å². The molecule has 0 fully saturated rings. The first-order valence-corrected chi connectivity index (χ1v) is 6.28. The normalized spacial score (nSPS) is 11.0. The highest BCUT2D eigenvalue weighted by atomic mass is 16.5. The van der Waals surface area contributed by atoms with E-state index in [1.807, 2.05) is 0 Å². The Hall–Kier alpha value is -2.37. The SMILES string of the molecule is COC(=O)Cn1c(=O)n(C(C)C)c(=O)c2ccccc21. The quantitative estimate of drug-likeness (QED) is 0.781. The lowest BCUT2D eigenvalue weighted by Crippen LogP contribution is -2.42. The maximum Gasteiger partial charge on any atom is 0.332 e. The summed E-state index contributed by atoms with van der Waals surface area (Å²) in [6.07, 6.45) is 0. The molecule has 0 bridgehead atoms. The van der Waals surface area contributed by atoms with Crippen LogP contribution in [0, 0.1) is 0 Å². The summed E-state index contributed by atoms with van der Waals surface area (Å²) in [6.45, 7) is 3.28. The molecule has 20 heavy (non-hydrogen) atoms. The molecule has 0 saturated heterocycles. The maximum absolute atomic E-state index is 12.4. The number of benzene rings is 1. The summed E-state index contributed by atoms with van der Waals surface area (Å²) in [7, 11) is 1.26. The molecular formula is C14H16N2O4. The summed E-state index contributed by atoms with van der Waals surface area (Å²) in [4.78, 5) is 36.2. The zero-order valence-corrected chi connectivity index (χ0v) is 11.6. The average Bonchev–Trinajstić information content (AvgIpc) is 2.43. The van der Waals surface area contributed by atoms with Crippen LogP contribution in [0.5, 0.6) is 0 Å². The van der Waals surface area contributed by atoms with Gasteiger partial charge in [-0.25, -0.2) is 4.79 Å². The van der Waals surface area contributed by atoms with Crippen LogP contribution in [0.4, 0.5) is 0 Å². The highest BCUT2D eigenvalue weighted by Crippen LogP contribution is 2.09. The Balaban J connectivity index is 2.88. The Labute approximate surface area is 115 Å². The summed E-state index contributed by atoms with van der Waals surface area (Å²) >= 11 is 0. The highest BCUT2D eigenvalue weighted by molar-refractivity contribution is 5.79. The van der Waals surface area contributed by atoms with E-state index in [0.717, 1.165) is 4.57 Å². The van der Waals surface area contributed by atoms with Crippen molar-refractivity contribution in [2.45, 2.75) is 26.4 Å². The second-order valence-corrected chi connectivity index (χ2v) is 4.73. The number of carbonyl (C=O) groups excluding carboxylic acids is 1. The van der Waals surface area contributed by atoms with Crippen LogP contribution in [-0.4, -0.2) is 22.2 Å². The molecule has 0 saturated carbocycles. The topological polar surface area (TPSA) is 70.3 Å². The van der Waals surface area contributed by atoms with Crippen molar-refractivity contribution >= 4 is 16.9 Å². The van der Waals surface area contributed by atoms with Gasteiger partial charge in [-0.2, -0.15) is 0 Å². The van der Waals surface area contributed by atoms with E-state index in [9.17, 15) is 14.4 Å². The number of aromatic nitrogens is 2. The number of carbonyl (C=O) groups is 1. The van der Waals surface area contributed by atoms with Crippen molar-refractivity contribution in [3.8, 4) is 0 Å². The van der Waals surface area contributed by atoms with Gasteiger partial charge in [-0.3, -0.25) is 18.7 Å². The van der Waals surface area contributed by atoms with Gasteiger partial charge in [0.2, 0.25) is 0 Å². The van der Waals surface area contributed by atoms with Gasteiger partial charge >= 0.3 is 11.7 Å². The van der Waals surface area contributed by atoms with Crippen molar-refractivity contribution < 1.29 is 9.53 Å². The predicted octanol–water partition coefficient (Wildman–Crippen LogP) is 0.917. The van der Waals surface area contributed by atoms with Crippen LogP contribution in [0.1, 0.15) is 19.9 Å². The molecule has 1 heterocycles. The molecule has 0 N–H and O–H groups in total. The number of nitrogens with zero attached hydrogens (tertiary/aromatic N) is 2. The Morgan fingerprint density at radius 1 is 1.25 bits per heavy atom. The summed E-state index contributed by atoms with van der Waals surface area (Å²) < 4.78 is 7.01. The molecule has 0 aliphatic heterocycles. The molecule has 0 radical (unpaired) electrons. The fourth-order valence-electron chi connectivity index (χ4n) is 2.14. The summed E-state index contributed by atoms with van der Waals surface area (Å²) in [5.74, 6) is -0.536. The largest absolute Gasteiger partial charge is 0.468 e. The third-order valence-electron chi connectivity index (χ3n) is 3.11. The molecule has 0 spiro atoms. The van der Waals surface area contributed by atoms with E-state index < -0.39 is 11.7 Å². The van der Waals surface area contributed by atoms with Crippen molar-refractivity contribution in [2.75, 3.05) is 7.11 Å². The third-order valence-corrected chi connectivity index (χ3v) is 3.11. The number of rotatable bonds is 3. The summed E-state index contributed by atoms with van der Waals surface area (Å²) in [5.41, 5.74) is -0.416. The molecule has 2 rings (SSSR count). The molecule has 1 aromatic carbocycles. The van der Waals surface area contributed by atoms with Crippen LogP contribution in [0.15, 0.2) is 33.9 Å². The molecular weight excluding hydrogens is 260 g/mol. The number of hydrogen-bond donors (Lipinski definition) is 0. The van der Waals surface area contributed by atoms with Gasteiger partial charge in [0, 0.05) is 6.04 Å². The van der Waals surface area contributed by atoms with Gasteiger partial charge in [-0.15, -0.1) is 0 Å². The van der Waals surface area contributed by atoms with Crippen molar-refractivity contribution in [2.24, 2.45) is 0 Å². The summed E-state index contributed by atoms with van der Waals surface area (Å²) in [5, 5.41) is 0.407. The smallest absolute Gasteiger partial charge is 0.332 e. The third kappa shape index (κ3) is 2.24. The molecule has 6 nitrogen and oxygen atoms in total. The first-order valence-electron chi connectivity index (χ1n) is 6.28. The molecule has 0 aliphatic carbocycles. The molecule has 2 aromatic rings. The Bertz CT molecular complexity index is 771. The van der Waals surface area contributed by atoms with E-state index in [-0.39, 0.29) is 18.1 Å². The van der Waals surface area contributed by atoms with E-state index in [1.54, 1.807) is 38.1 Å². The van der Waals surface area contributed by atoms with Crippen molar-refractivity contribution in [3.63, 3.8) is 0 Å². The molecule has 0 aliphatic rings. The van der Waals surface area contributed by atoms with Crippen LogP contribution in [0.2, 0.25) is 0 Å². The van der Waals surface area contributed by atoms with Gasteiger partial charge in [-0.05, 0) is 26.0 Å². The van der Waals surface area contributed by atoms with Crippen LogP contribution < -0.4 is 11.2 Å². The van der Waals surface area contributed by atoms with Crippen LogP contribution in [-0.2, 0) is 16.1 Å². The molecule has 0 atom stereocenters. The van der Waals surface area contributed by atoms with Crippen molar-refractivity contribution in [1.82, 2.24) is 9.13 Å². The lowest BCUT2D eigenvalue weighted by atomic mass is 10.2. The molecule has 106 valence electrons. The number of fused-ring (bicyclic) bond motifs is 1. The molecule has 0 amide bonds. The van der Waals surface area contributed by atoms with E-state index >= 15 is 0 Å². The van der Waals surface area contributed by atoms with E-state index in [1.165, 1.54) is 11.7 Å². The average molecular weight is 276 g/mol. The number of para-hydroxylation sites is 1. The van der Waals surface area contributed by atoms with Crippen molar-refractivity contribution in [3.05, 3.63) is 45.1 Å². The van der Waals surface area contributed by atoms with Crippen molar-refractivity contribution in [1.29, 1.82) is 0 Å².